The number of nitro groups is 1. The summed E-state index contributed by atoms with van der Waals surface area (Å²) in [6.07, 6.45) is 1.92. The van der Waals surface area contributed by atoms with Crippen LogP contribution in [0.5, 0.6) is 11.5 Å². The van der Waals surface area contributed by atoms with E-state index in [4.69, 9.17) is 14.2 Å². The van der Waals surface area contributed by atoms with Gasteiger partial charge in [0.1, 0.15) is 12.2 Å². The summed E-state index contributed by atoms with van der Waals surface area (Å²) < 4.78 is 15.6. The molecule has 0 saturated carbocycles. The van der Waals surface area contributed by atoms with Crippen molar-refractivity contribution in [2.75, 3.05) is 47.1 Å². The molecule has 9 nitrogen and oxygen atoms in total. The van der Waals surface area contributed by atoms with Crippen LogP contribution in [-0.4, -0.2) is 57.9 Å². The molecule has 26 heavy (non-hydrogen) atoms. The predicted molar refractivity (Wildman–Crippen MR) is 94.9 cm³/mol. The molecule has 0 aromatic heterocycles. The second-order valence-electron chi connectivity index (χ2n) is 6.02. The number of ether oxygens (including phenoxy) is 3. The van der Waals surface area contributed by atoms with Crippen LogP contribution in [0.4, 0.5) is 5.69 Å². The number of hydrogen-bond acceptors (Lipinski definition) is 7. The average molecular weight is 367 g/mol. The first-order chi connectivity index (χ1) is 12.6. The molecule has 1 aliphatic rings. The average Bonchev–Trinajstić information content (AvgIpc) is 3.14. The summed E-state index contributed by atoms with van der Waals surface area (Å²) in [7, 11) is 2.94. The van der Waals surface area contributed by atoms with Crippen molar-refractivity contribution in [3.63, 3.8) is 0 Å². The molecule has 1 aromatic rings. The van der Waals surface area contributed by atoms with E-state index in [0.717, 1.165) is 25.9 Å². The Balaban J connectivity index is 2.11. The van der Waals surface area contributed by atoms with Crippen LogP contribution in [0.3, 0.4) is 0 Å². The summed E-state index contributed by atoms with van der Waals surface area (Å²) in [6, 6.07) is 2.55. The number of benzene rings is 1. The summed E-state index contributed by atoms with van der Waals surface area (Å²) in [6.45, 7) is 2.94. The number of hydrogen-bond donors (Lipinski definition) is 2. The number of nitrogens with one attached hydrogen (secondary N) is 2. The Kier molecular flexibility index (Phi) is 7.61. The number of amides is 1. The van der Waals surface area contributed by atoms with Crippen molar-refractivity contribution in [1.29, 1.82) is 0 Å². The van der Waals surface area contributed by atoms with Gasteiger partial charge in [-0.2, -0.15) is 0 Å². The van der Waals surface area contributed by atoms with E-state index in [1.54, 1.807) is 0 Å². The lowest BCUT2D eigenvalue weighted by Gasteiger charge is -2.13. The molecule has 2 N–H and O–H groups in total. The van der Waals surface area contributed by atoms with Crippen LogP contribution in [-0.2, 0) is 4.74 Å². The zero-order chi connectivity index (χ0) is 18.9. The van der Waals surface area contributed by atoms with E-state index >= 15 is 0 Å². The molecule has 1 atom stereocenters. The molecule has 1 aliphatic heterocycles. The molecule has 2 rings (SSSR count). The Morgan fingerprint density at radius 2 is 2.15 bits per heavy atom. The largest absolute Gasteiger partial charge is 0.493 e. The van der Waals surface area contributed by atoms with E-state index in [0.29, 0.717) is 19.1 Å². The van der Waals surface area contributed by atoms with Crippen molar-refractivity contribution in [1.82, 2.24) is 10.6 Å². The molecular weight excluding hydrogens is 342 g/mol. The first-order valence-electron chi connectivity index (χ1n) is 8.54. The number of carbonyl (C=O) groups excluding carboxylic acids is 1. The van der Waals surface area contributed by atoms with Gasteiger partial charge in [0, 0.05) is 19.7 Å². The number of nitro benzene ring substituents is 1. The van der Waals surface area contributed by atoms with E-state index < -0.39 is 10.8 Å². The Hall–Kier alpha value is -2.39. The van der Waals surface area contributed by atoms with Crippen LogP contribution >= 0.6 is 0 Å². The van der Waals surface area contributed by atoms with Crippen molar-refractivity contribution in [3.8, 4) is 11.5 Å². The van der Waals surface area contributed by atoms with Gasteiger partial charge in [0.15, 0.2) is 11.5 Å². The van der Waals surface area contributed by atoms with Gasteiger partial charge in [-0.25, -0.2) is 0 Å². The highest BCUT2D eigenvalue weighted by atomic mass is 16.6. The molecule has 144 valence electrons. The summed E-state index contributed by atoms with van der Waals surface area (Å²) >= 11 is 0. The monoisotopic (exact) mass is 367 g/mol. The molecule has 1 unspecified atom stereocenters. The van der Waals surface area contributed by atoms with E-state index in [9.17, 15) is 14.9 Å². The topological polar surface area (TPSA) is 112 Å². The standard InChI is InChI=1S/C17H25N3O6/c1-24-7-8-26-16-10-14(20(22)23)13(9-15(16)25-2)17(21)19-6-4-12-3-5-18-11-12/h9-10,12,18H,3-8,11H2,1-2H3,(H,19,21). The maximum absolute atomic E-state index is 12.4. The maximum Gasteiger partial charge on any atom is 0.286 e. The van der Waals surface area contributed by atoms with Gasteiger partial charge in [0.05, 0.1) is 24.7 Å². The smallest absolute Gasteiger partial charge is 0.286 e. The number of carbonyl (C=O) groups is 1. The van der Waals surface area contributed by atoms with Crippen LogP contribution < -0.4 is 20.1 Å². The second kappa shape index (κ2) is 9.93. The highest BCUT2D eigenvalue weighted by Crippen LogP contribution is 2.34. The molecule has 9 heteroatoms. The summed E-state index contributed by atoms with van der Waals surface area (Å²) in [4.78, 5) is 23.2. The first kappa shape index (κ1) is 19.9. The summed E-state index contributed by atoms with van der Waals surface area (Å²) in [5, 5.41) is 17.4. The summed E-state index contributed by atoms with van der Waals surface area (Å²) in [5.41, 5.74) is -0.367. The molecule has 0 spiro atoms. The Morgan fingerprint density at radius 1 is 1.35 bits per heavy atom. The summed E-state index contributed by atoms with van der Waals surface area (Å²) in [5.74, 6) is 0.488. The van der Waals surface area contributed by atoms with Gasteiger partial charge in [0.25, 0.3) is 11.6 Å². The van der Waals surface area contributed by atoms with Gasteiger partial charge >= 0.3 is 0 Å². The Morgan fingerprint density at radius 3 is 2.77 bits per heavy atom. The van der Waals surface area contributed by atoms with Crippen LogP contribution in [0.15, 0.2) is 12.1 Å². The fourth-order valence-corrected chi connectivity index (χ4v) is 2.84. The van der Waals surface area contributed by atoms with Gasteiger partial charge in [-0.1, -0.05) is 0 Å². The molecule has 1 aromatic carbocycles. The maximum atomic E-state index is 12.4. The lowest BCUT2D eigenvalue weighted by Crippen LogP contribution is -2.27. The first-order valence-corrected chi connectivity index (χ1v) is 8.54. The normalized spacial score (nSPS) is 16.3. The molecule has 1 fully saturated rings. The van der Waals surface area contributed by atoms with Gasteiger partial charge in [-0.3, -0.25) is 14.9 Å². The third-order valence-electron chi connectivity index (χ3n) is 4.27. The number of methoxy groups -OCH3 is 2. The van der Waals surface area contributed by atoms with Gasteiger partial charge < -0.3 is 24.8 Å². The zero-order valence-corrected chi connectivity index (χ0v) is 15.1. The van der Waals surface area contributed by atoms with Crippen LogP contribution in [0, 0.1) is 16.0 Å². The third kappa shape index (κ3) is 5.30. The Bertz CT molecular complexity index is 631. The van der Waals surface area contributed by atoms with E-state index in [-0.39, 0.29) is 29.4 Å². The third-order valence-corrected chi connectivity index (χ3v) is 4.27. The van der Waals surface area contributed by atoms with E-state index in [1.807, 2.05) is 0 Å². The van der Waals surface area contributed by atoms with E-state index in [2.05, 4.69) is 10.6 Å². The van der Waals surface area contributed by atoms with Crippen molar-refractivity contribution < 1.29 is 23.9 Å². The molecule has 1 saturated heterocycles. The fraction of sp³-hybridized carbons (Fsp3) is 0.588. The molecular formula is C17H25N3O6. The lowest BCUT2D eigenvalue weighted by molar-refractivity contribution is -0.385. The fourth-order valence-electron chi connectivity index (χ4n) is 2.84. The van der Waals surface area contributed by atoms with Gasteiger partial charge in [-0.05, 0) is 31.8 Å². The quantitative estimate of drug-likeness (QED) is 0.365. The second-order valence-corrected chi connectivity index (χ2v) is 6.02. The van der Waals surface area contributed by atoms with Crippen molar-refractivity contribution in [2.24, 2.45) is 5.92 Å². The van der Waals surface area contributed by atoms with Gasteiger partial charge in [-0.15, -0.1) is 0 Å². The van der Waals surface area contributed by atoms with Crippen LogP contribution in [0.1, 0.15) is 23.2 Å². The number of nitrogens with zero attached hydrogens (tertiary/aromatic N) is 1. The molecule has 1 heterocycles. The molecule has 1 amide bonds. The van der Waals surface area contributed by atoms with Crippen LogP contribution in [0.25, 0.3) is 0 Å². The van der Waals surface area contributed by atoms with Crippen molar-refractivity contribution >= 4 is 11.6 Å². The lowest BCUT2D eigenvalue weighted by atomic mass is 10.1. The van der Waals surface area contributed by atoms with E-state index in [1.165, 1.54) is 26.4 Å². The predicted octanol–water partition coefficient (Wildman–Crippen LogP) is 1.36. The van der Waals surface area contributed by atoms with Crippen molar-refractivity contribution in [3.05, 3.63) is 27.8 Å². The van der Waals surface area contributed by atoms with Crippen LogP contribution in [0.2, 0.25) is 0 Å². The molecule has 0 radical (unpaired) electrons. The van der Waals surface area contributed by atoms with Crippen molar-refractivity contribution in [2.45, 2.75) is 12.8 Å². The highest BCUT2D eigenvalue weighted by Gasteiger charge is 2.25. The van der Waals surface area contributed by atoms with Gasteiger partial charge in [0.2, 0.25) is 0 Å². The minimum Gasteiger partial charge on any atom is -0.493 e. The minimum absolute atomic E-state index is 0.0458. The molecule has 0 aliphatic carbocycles. The Labute approximate surface area is 152 Å². The molecule has 0 bridgehead atoms. The highest BCUT2D eigenvalue weighted by molar-refractivity contribution is 5.99. The SMILES string of the molecule is COCCOc1cc([N+](=O)[O-])c(C(=O)NCCC2CCNC2)cc1OC. The minimum atomic E-state index is -0.599. The zero-order valence-electron chi connectivity index (χ0n) is 15.1. The number of rotatable bonds is 10.